The largest absolute Gasteiger partial charge is 1.00 e. The standard InChI is InChI=1S/C36H38F5N5O5.Na/c1-23-33(44-19-17-43(18-20-44)29-13-7-14-30(51-2)32(29)38)34(49)46(22-28(24-9-4-3-5-10-24)42-16-8-15-31(47)48)35(50)45(23)21-25-26(36(39,40)41)11-6-12-27(25)37;/h3-7,9-14,28,42H,8,15-22H2,1-2H3,(H,47,48);/q;+1/p-1/t28-;/m0./s1. The van der Waals surface area contributed by atoms with Crippen molar-refractivity contribution in [2.75, 3.05) is 49.6 Å². The quantitative estimate of drug-likeness (QED) is 0.122. The molecule has 0 bridgehead atoms. The van der Waals surface area contributed by atoms with E-state index in [-0.39, 0.29) is 98.8 Å². The molecule has 0 unspecified atom stereocenters. The summed E-state index contributed by atoms with van der Waals surface area (Å²) in [7, 11) is 1.35. The number of carbonyl (C=O) groups excluding carboxylic acids is 1. The number of ether oxygens (including phenoxy) is 1. The Labute approximate surface area is 318 Å². The number of hydrogen-bond acceptors (Lipinski definition) is 8. The van der Waals surface area contributed by atoms with Gasteiger partial charge in [0.2, 0.25) is 0 Å². The fourth-order valence-electron chi connectivity index (χ4n) is 6.38. The minimum atomic E-state index is -4.92. The Hall–Kier alpha value is -4.18. The molecule has 1 saturated heterocycles. The van der Waals surface area contributed by atoms with E-state index in [9.17, 15) is 32.7 Å². The van der Waals surface area contributed by atoms with E-state index >= 15 is 8.78 Å². The van der Waals surface area contributed by atoms with Gasteiger partial charge in [-0.05, 0) is 56.1 Å². The molecule has 4 aromatic rings. The number of benzene rings is 3. The van der Waals surface area contributed by atoms with E-state index in [2.05, 4.69) is 5.32 Å². The fraction of sp³-hybridized carbons (Fsp3) is 0.361. The van der Waals surface area contributed by atoms with Crippen molar-refractivity contribution in [2.24, 2.45) is 0 Å². The van der Waals surface area contributed by atoms with Crippen LogP contribution in [0.5, 0.6) is 5.75 Å². The Morgan fingerprint density at radius 2 is 1.58 bits per heavy atom. The van der Waals surface area contributed by atoms with Gasteiger partial charge in [0.25, 0.3) is 5.56 Å². The summed E-state index contributed by atoms with van der Waals surface area (Å²) in [5, 5.41) is 14.2. The summed E-state index contributed by atoms with van der Waals surface area (Å²) in [6, 6.07) is 15.3. The molecule has 0 spiro atoms. The molecule has 1 N–H and O–H groups in total. The fourth-order valence-corrected chi connectivity index (χ4v) is 6.38. The summed E-state index contributed by atoms with van der Waals surface area (Å²) >= 11 is 0. The number of halogens is 5. The van der Waals surface area contributed by atoms with Gasteiger partial charge in [0.05, 0.1) is 37.5 Å². The first-order valence-electron chi connectivity index (χ1n) is 16.3. The molecule has 16 heteroatoms. The van der Waals surface area contributed by atoms with Gasteiger partial charge < -0.3 is 29.8 Å². The van der Waals surface area contributed by atoms with Crippen molar-refractivity contribution >= 4 is 17.3 Å². The van der Waals surface area contributed by atoms with Crippen LogP contribution in [-0.2, 0) is 24.1 Å². The Balaban J connectivity index is 0.00000605. The number of anilines is 2. The maximum Gasteiger partial charge on any atom is 1.00 e. The second kappa shape index (κ2) is 17.6. The van der Waals surface area contributed by atoms with Crippen LogP contribution in [0.2, 0.25) is 0 Å². The van der Waals surface area contributed by atoms with Crippen molar-refractivity contribution in [1.29, 1.82) is 0 Å². The van der Waals surface area contributed by atoms with Crippen LogP contribution in [-0.4, -0.2) is 54.9 Å². The molecular formula is C36H37F5N5NaO5. The van der Waals surface area contributed by atoms with Crippen LogP contribution in [0.1, 0.15) is 41.3 Å². The molecule has 0 amide bonds. The predicted molar refractivity (Wildman–Crippen MR) is 179 cm³/mol. The Bertz CT molecular complexity index is 1980. The molecule has 10 nitrogen and oxygen atoms in total. The van der Waals surface area contributed by atoms with Crippen molar-refractivity contribution in [3.8, 4) is 5.75 Å². The molecule has 0 aliphatic carbocycles. The van der Waals surface area contributed by atoms with E-state index in [0.29, 0.717) is 11.3 Å². The van der Waals surface area contributed by atoms with Gasteiger partial charge in [0, 0.05) is 43.4 Å². The average molecular weight is 738 g/mol. The number of carboxylic acids is 1. The predicted octanol–water partition coefficient (Wildman–Crippen LogP) is 0.864. The van der Waals surface area contributed by atoms with Crippen molar-refractivity contribution in [3.05, 3.63) is 122 Å². The normalized spacial score (nSPS) is 13.8. The molecule has 0 radical (unpaired) electrons. The molecule has 1 aliphatic heterocycles. The Morgan fingerprint density at radius 1 is 0.923 bits per heavy atom. The summed E-state index contributed by atoms with van der Waals surface area (Å²) < 4.78 is 79.4. The molecule has 52 heavy (non-hydrogen) atoms. The number of alkyl halides is 3. The van der Waals surface area contributed by atoms with E-state index in [0.717, 1.165) is 27.3 Å². The molecule has 1 atom stereocenters. The second-order valence-electron chi connectivity index (χ2n) is 12.1. The van der Waals surface area contributed by atoms with Crippen LogP contribution < -0.4 is 65.8 Å². The topological polar surface area (TPSA) is 112 Å². The van der Waals surface area contributed by atoms with Gasteiger partial charge in [-0.15, -0.1) is 0 Å². The molecule has 0 saturated carbocycles. The van der Waals surface area contributed by atoms with Crippen LogP contribution in [0.25, 0.3) is 0 Å². The van der Waals surface area contributed by atoms with Crippen LogP contribution in [0.3, 0.4) is 0 Å². The first-order valence-corrected chi connectivity index (χ1v) is 16.3. The van der Waals surface area contributed by atoms with Crippen molar-refractivity contribution < 1.29 is 66.1 Å². The molecule has 2 heterocycles. The van der Waals surface area contributed by atoms with E-state index in [1.54, 1.807) is 52.3 Å². The van der Waals surface area contributed by atoms with Gasteiger partial charge in [-0.3, -0.25) is 13.9 Å². The molecule has 5 rings (SSSR count). The van der Waals surface area contributed by atoms with E-state index < -0.39 is 58.7 Å². The van der Waals surface area contributed by atoms with Crippen LogP contribution in [0.15, 0.2) is 76.3 Å². The minimum absolute atomic E-state index is 0. The van der Waals surface area contributed by atoms with E-state index in [1.807, 2.05) is 0 Å². The number of carbonyl (C=O) groups is 1. The zero-order valence-corrected chi connectivity index (χ0v) is 31.0. The number of nitrogens with one attached hydrogen (secondary N) is 1. The van der Waals surface area contributed by atoms with Crippen molar-refractivity contribution in [1.82, 2.24) is 14.5 Å². The molecule has 3 aromatic carbocycles. The molecule has 1 aliphatic rings. The summed E-state index contributed by atoms with van der Waals surface area (Å²) in [4.78, 5) is 43.0. The number of methoxy groups -OCH3 is 1. The second-order valence-corrected chi connectivity index (χ2v) is 12.1. The summed E-state index contributed by atoms with van der Waals surface area (Å²) in [5.41, 5.74) is -2.64. The monoisotopic (exact) mass is 737 g/mol. The van der Waals surface area contributed by atoms with Gasteiger partial charge >= 0.3 is 41.4 Å². The summed E-state index contributed by atoms with van der Waals surface area (Å²) in [6.07, 6.45) is -4.97. The SMILES string of the molecule is COc1cccc(N2CCN(c3c(C)n(Cc4c(F)cccc4C(F)(F)F)c(=O)n(C[C@H](NCCCC(=O)[O-])c4ccccc4)c3=O)CC2)c1F.[Na+]. The van der Waals surface area contributed by atoms with Gasteiger partial charge in [-0.25, -0.2) is 13.6 Å². The summed E-state index contributed by atoms with van der Waals surface area (Å²) in [5.74, 6) is -2.89. The first-order chi connectivity index (χ1) is 24.3. The first kappa shape index (κ1) is 40.6. The number of piperazine rings is 1. The third-order valence-corrected chi connectivity index (χ3v) is 9.01. The van der Waals surface area contributed by atoms with Gasteiger partial charge in [0.15, 0.2) is 11.6 Å². The molecule has 1 aromatic heterocycles. The number of aliphatic carboxylic acids is 1. The van der Waals surface area contributed by atoms with Gasteiger partial charge in [0.1, 0.15) is 11.5 Å². The van der Waals surface area contributed by atoms with Gasteiger partial charge in [-0.2, -0.15) is 13.2 Å². The Morgan fingerprint density at radius 3 is 2.21 bits per heavy atom. The van der Waals surface area contributed by atoms with Crippen molar-refractivity contribution in [3.63, 3.8) is 0 Å². The summed E-state index contributed by atoms with van der Waals surface area (Å²) in [6.45, 7) is 1.38. The molecular weight excluding hydrogens is 700 g/mol. The molecule has 272 valence electrons. The minimum Gasteiger partial charge on any atom is -0.550 e. The number of carboxylic acid groups (broad SMARTS) is 1. The number of hydrogen-bond donors (Lipinski definition) is 1. The van der Waals surface area contributed by atoms with Crippen LogP contribution in [0, 0.1) is 18.6 Å². The third-order valence-electron chi connectivity index (χ3n) is 9.01. The van der Waals surface area contributed by atoms with Gasteiger partial charge in [-0.1, -0.05) is 42.5 Å². The maximum atomic E-state index is 15.1. The zero-order chi connectivity index (χ0) is 36.9. The number of aromatic nitrogens is 2. The average Bonchev–Trinajstić information content (AvgIpc) is 3.10. The van der Waals surface area contributed by atoms with E-state index in [1.165, 1.54) is 20.1 Å². The third kappa shape index (κ3) is 9.06. The van der Waals surface area contributed by atoms with Crippen molar-refractivity contribution in [2.45, 2.75) is 45.1 Å². The Kier molecular flexibility index (Phi) is 13.7. The van der Waals surface area contributed by atoms with E-state index in [4.69, 9.17) is 4.74 Å². The van der Waals surface area contributed by atoms with Crippen LogP contribution >= 0.6 is 0 Å². The number of nitrogens with zero attached hydrogens (tertiary/aromatic N) is 4. The number of rotatable bonds is 13. The zero-order valence-electron chi connectivity index (χ0n) is 29.0. The smallest absolute Gasteiger partial charge is 0.550 e. The van der Waals surface area contributed by atoms with Crippen LogP contribution in [0.4, 0.5) is 33.3 Å². The molecule has 1 fully saturated rings. The maximum absolute atomic E-state index is 15.1.